The van der Waals surface area contributed by atoms with Crippen molar-refractivity contribution in [1.82, 2.24) is 9.88 Å². The predicted molar refractivity (Wildman–Crippen MR) is 159 cm³/mol. The third kappa shape index (κ3) is 4.63. The standard InChI is InChI=1S/C35H42N2O5/c1-20-22(17-31-32(35(20,3)4)27-12-15-40-34(27)42-31)6-7-24-19-37-14-11-23(24)16-30(37)33(41-21(2)38)26-10-13-36-29-9-8-25(39-5)18-28(26)29/h8-10,13,18,23-24,27,30-34H,11-12,14-17,19H2,1-5H3/t23-,24-,27?,30+,31?,32?,33-,34?/m0/s1. The van der Waals surface area contributed by atoms with E-state index in [0.717, 1.165) is 67.6 Å². The van der Waals surface area contributed by atoms with Gasteiger partial charge >= 0.3 is 5.97 Å². The summed E-state index contributed by atoms with van der Waals surface area (Å²) in [5.41, 5.74) is 4.57. The Bertz CT molecular complexity index is 1490. The molecule has 5 unspecified atom stereocenters. The minimum absolute atomic E-state index is 0.0398. The molecule has 9 atom stereocenters. The minimum Gasteiger partial charge on any atom is -0.497 e. The fourth-order valence-corrected chi connectivity index (χ4v) is 8.69. The maximum Gasteiger partial charge on any atom is 0.303 e. The van der Waals surface area contributed by atoms with Crippen LogP contribution in [0.3, 0.4) is 0 Å². The van der Waals surface area contributed by atoms with E-state index in [1.54, 1.807) is 7.11 Å². The summed E-state index contributed by atoms with van der Waals surface area (Å²) in [6.07, 6.45) is 5.64. The number of aromatic nitrogens is 1. The summed E-state index contributed by atoms with van der Waals surface area (Å²) in [5, 5.41) is 0.964. The Balaban J connectivity index is 1.14. The van der Waals surface area contributed by atoms with Gasteiger partial charge in [-0.15, -0.1) is 0 Å². The molecule has 7 nitrogen and oxygen atoms in total. The quantitative estimate of drug-likeness (QED) is 0.346. The van der Waals surface area contributed by atoms with Crippen LogP contribution in [0.1, 0.15) is 65.0 Å². The molecule has 5 saturated heterocycles. The molecule has 0 amide bonds. The number of esters is 1. The van der Waals surface area contributed by atoms with Gasteiger partial charge in [-0.2, -0.15) is 0 Å². The molecule has 2 bridgehead atoms. The van der Waals surface area contributed by atoms with E-state index in [1.165, 1.54) is 18.1 Å². The Kier molecular flexibility index (Phi) is 7.08. The Morgan fingerprint density at radius 1 is 1.24 bits per heavy atom. The van der Waals surface area contributed by atoms with Crippen LogP contribution in [0.2, 0.25) is 0 Å². The maximum absolute atomic E-state index is 12.4. The molecule has 6 aliphatic rings. The molecule has 0 saturated carbocycles. The van der Waals surface area contributed by atoms with Gasteiger partial charge in [0.1, 0.15) is 11.9 Å². The van der Waals surface area contributed by atoms with Crippen molar-refractivity contribution in [1.29, 1.82) is 0 Å². The van der Waals surface area contributed by atoms with E-state index < -0.39 is 0 Å². The molecule has 6 heterocycles. The van der Waals surface area contributed by atoms with Crippen molar-refractivity contribution in [3.63, 3.8) is 0 Å². The van der Waals surface area contributed by atoms with Crippen LogP contribution in [-0.2, 0) is 19.0 Å². The van der Waals surface area contributed by atoms with Gasteiger partial charge in [0.15, 0.2) is 6.29 Å². The van der Waals surface area contributed by atoms with Gasteiger partial charge in [0.25, 0.3) is 0 Å². The number of ether oxygens (including phenoxy) is 4. The number of pyridine rings is 1. The molecule has 42 heavy (non-hydrogen) atoms. The van der Waals surface area contributed by atoms with Crippen molar-refractivity contribution in [2.24, 2.45) is 29.1 Å². The fourth-order valence-electron chi connectivity index (χ4n) is 8.69. The average molecular weight is 571 g/mol. The first-order valence-corrected chi connectivity index (χ1v) is 15.6. The third-order valence-electron chi connectivity index (χ3n) is 11.1. The van der Waals surface area contributed by atoms with Crippen molar-refractivity contribution in [3.8, 4) is 17.6 Å². The number of hydrogen-bond donors (Lipinski definition) is 0. The number of piperidine rings is 3. The number of methoxy groups -OCH3 is 1. The maximum atomic E-state index is 12.4. The summed E-state index contributed by atoms with van der Waals surface area (Å²) >= 11 is 0. The fraction of sp³-hybridized carbons (Fsp3) is 0.600. The number of allylic oxidation sites excluding steroid dienone is 1. The molecule has 7 heteroatoms. The lowest BCUT2D eigenvalue weighted by Gasteiger charge is -2.50. The zero-order chi connectivity index (χ0) is 29.2. The highest BCUT2D eigenvalue weighted by molar-refractivity contribution is 5.84. The highest BCUT2D eigenvalue weighted by Gasteiger charge is 2.56. The highest BCUT2D eigenvalue weighted by Crippen LogP contribution is 2.56. The Hall–Kier alpha value is -2.92. The second-order valence-corrected chi connectivity index (χ2v) is 13.5. The lowest BCUT2D eigenvalue weighted by Crippen LogP contribution is -2.55. The Labute approximate surface area is 248 Å². The van der Waals surface area contributed by atoms with E-state index in [1.807, 2.05) is 30.5 Å². The van der Waals surface area contributed by atoms with Crippen LogP contribution in [0.15, 0.2) is 41.6 Å². The topological polar surface area (TPSA) is 70.1 Å². The van der Waals surface area contributed by atoms with Crippen LogP contribution in [0.4, 0.5) is 0 Å². The van der Waals surface area contributed by atoms with Crippen molar-refractivity contribution in [3.05, 3.63) is 47.2 Å². The van der Waals surface area contributed by atoms with Crippen LogP contribution >= 0.6 is 0 Å². The highest BCUT2D eigenvalue weighted by atomic mass is 16.7. The first-order valence-electron chi connectivity index (χ1n) is 15.6. The van der Waals surface area contributed by atoms with Gasteiger partial charge < -0.3 is 18.9 Å². The van der Waals surface area contributed by atoms with E-state index in [9.17, 15) is 4.79 Å². The molecule has 5 fully saturated rings. The summed E-state index contributed by atoms with van der Waals surface area (Å²) < 4.78 is 23.9. The minimum atomic E-state index is -0.376. The zero-order valence-electron chi connectivity index (χ0n) is 25.4. The number of hydrogen-bond acceptors (Lipinski definition) is 7. The lowest BCUT2D eigenvalue weighted by molar-refractivity contribution is -0.154. The van der Waals surface area contributed by atoms with Gasteiger partial charge in [0, 0.05) is 60.4 Å². The van der Waals surface area contributed by atoms with Crippen molar-refractivity contribution >= 4 is 16.9 Å². The third-order valence-corrected chi connectivity index (χ3v) is 11.1. The molecule has 0 N–H and O–H groups in total. The van der Waals surface area contributed by atoms with Crippen LogP contribution in [0, 0.1) is 40.9 Å². The molecule has 8 rings (SSSR count). The second-order valence-electron chi connectivity index (χ2n) is 13.5. The first kappa shape index (κ1) is 27.9. The molecule has 0 spiro atoms. The largest absolute Gasteiger partial charge is 0.497 e. The smallest absolute Gasteiger partial charge is 0.303 e. The summed E-state index contributed by atoms with van der Waals surface area (Å²) in [6, 6.07) is 7.97. The zero-order valence-corrected chi connectivity index (χ0v) is 25.4. The van der Waals surface area contributed by atoms with Gasteiger partial charge in [-0.1, -0.05) is 31.3 Å². The molecule has 2 aromatic rings. The molecule has 1 aliphatic carbocycles. The van der Waals surface area contributed by atoms with E-state index in [2.05, 4.69) is 42.5 Å². The number of carbonyl (C=O) groups is 1. The molecule has 0 radical (unpaired) electrons. The van der Waals surface area contributed by atoms with Crippen LogP contribution in [0.5, 0.6) is 5.75 Å². The summed E-state index contributed by atoms with van der Waals surface area (Å²) in [4.78, 5) is 19.4. The van der Waals surface area contributed by atoms with Gasteiger partial charge in [-0.25, -0.2) is 0 Å². The van der Waals surface area contributed by atoms with Crippen LogP contribution < -0.4 is 4.74 Å². The monoisotopic (exact) mass is 570 g/mol. The average Bonchev–Trinajstić information content (AvgIpc) is 3.58. The molecule has 5 aliphatic heterocycles. The Morgan fingerprint density at radius 2 is 2.10 bits per heavy atom. The predicted octanol–water partition coefficient (Wildman–Crippen LogP) is 5.69. The Morgan fingerprint density at radius 3 is 2.86 bits per heavy atom. The lowest BCUT2D eigenvalue weighted by atomic mass is 9.61. The van der Waals surface area contributed by atoms with Gasteiger partial charge in [-0.05, 0) is 68.3 Å². The summed E-state index contributed by atoms with van der Waals surface area (Å²) in [7, 11) is 1.66. The van der Waals surface area contributed by atoms with E-state index >= 15 is 0 Å². The van der Waals surface area contributed by atoms with Crippen molar-refractivity contribution in [2.75, 3.05) is 26.8 Å². The van der Waals surface area contributed by atoms with Crippen molar-refractivity contribution in [2.45, 2.75) is 77.9 Å². The summed E-state index contributed by atoms with van der Waals surface area (Å²) in [5.74, 6) is 9.67. The molecular formula is C35H42N2O5. The SMILES string of the molecule is COc1ccc2nccc([C@H](OC(C)=O)[C@H]3C[C@@H]4CCN3C[C@@H]4C#CC3=C(C)C(C)(C)C4C(C3)OC3OCCC34)c2c1. The molecule has 1 aromatic carbocycles. The number of nitrogens with zero attached hydrogens (tertiary/aromatic N) is 2. The molecule has 1 aromatic heterocycles. The van der Waals surface area contributed by atoms with Gasteiger partial charge in [-0.3, -0.25) is 14.7 Å². The summed E-state index contributed by atoms with van der Waals surface area (Å²) in [6.45, 7) is 11.2. The molecule has 222 valence electrons. The number of benzene rings is 1. The van der Waals surface area contributed by atoms with E-state index in [-0.39, 0.29) is 35.9 Å². The number of carbonyl (C=O) groups excluding carboxylic acids is 1. The van der Waals surface area contributed by atoms with Crippen LogP contribution in [-0.4, -0.2) is 61.1 Å². The molecular weight excluding hydrogens is 528 g/mol. The normalized spacial score (nSPS) is 35.3. The van der Waals surface area contributed by atoms with E-state index in [4.69, 9.17) is 18.9 Å². The first-order chi connectivity index (χ1) is 20.2. The van der Waals surface area contributed by atoms with Gasteiger partial charge in [0.05, 0.1) is 31.4 Å². The van der Waals surface area contributed by atoms with Crippen LogP contribution in [0.25, 0.3) is 10.9 Å². The van der Waals surface area contributed by atoms with E-state index in [0.29, 0.717) is 23.7 Å². The van der Waals surface area contributed by atoms with Crippen molar-refractivity contribution < 1.29 is 23.7 Å². The van der Waals surface area contributed by atoms with Gasteiger partial charge in [0.2, 0.25) is 0 Å². The second kappa shape index (κ2) is 10.7. The number of rotatable bonds is 4. The number of fused-ring (bicyclic) bond motifs is 7.